The van der Waals surface area contributed by atoms with E-state index in [0.717, 1.165) is 24.3 Å². The summed E-state index contributed by atoms with van der Waals surface area (Å²) >= 11 is 6.29. The third kappa shape index (κ3) is 4.06. The third-order valence-electron chi connectivity index (χ3n) is 3.04. The molecule has 0 unspecified atom stereocenters. The van der Waals surface area contributed by atoms with Crippen molar-refractivity contribution >= 4 is 17.5 Å². The van der Waals surface area contributed by atoms with Crippen molar-refractivity contribution in [2.45, 2.75) is 20.4 Å². The zero-order valence-corrected chi connectivity index (χ0v) is 12.9. The molecule has 0 aliphatic heterocycles. The number of halogens is 1. The number of aromatic nitrogens is 2. The lowest BCUT2D eigenvalue weighted by atomic mass is 10.2. The van der Waals surface area contributed by atoms with Gasteiger partial charge in [-0.3, -0.25) is 4.79 Å². The highest BCUT2D eigenvalue weighted by Crippen LogP contribution is 2.20. The zero-order valence-electron chi connectivity index (χ0n) is 12.1. The van der Waals surface area contributed by atoms with E-state index in [1.54, 1.807) is 10.9 Å². The summed E-state index contributed by atoms with van der Waals surface area (Å²) in [6.07, 6.45) is 3.03. The van der Waals surface area contributed by atoms with Crippen LogP contribution in [0.4, 0.5) is 0 Å². The molecule has 5 nitrogen and oxygen atoms in total. The molecular weight excluding hydrogens is 288 g/mol. The van der Waals surface area contributed by atoms with Crippen LogP contribution in [0.3, 0.4) is 0 Å². The maximum absolute atomic E-state index is 11.1. The summed E-state index contributed by atoms with van der Waals surface area (Å²) < 4.78 is 1.58. The van der Waals surface area contributed by atoms with Crippen LogP contribution >= 0.6 is 11.6 Å². The minimum Gasteiger partial charge on any atom is -0.366 e. The van der Waals surface area contributed by atoms with Gasteiger partial charge in [0, 0.05) is 17.8 Å². The van der Waals surface area contributed by atoms with Crippen molar-refractivity contribution in [2.24, 2.45) is 11.7 Å². The first-order chi connectivity index (χ1) is 9.97. The Morgan fingerprint density at radius 3 is 2.81 bits per heavy atom. The fourth-order valence-electron chi connectivity index (χ4n) is 1.91. The molecule has 0 saturated carbocycles. The second-order valence-electron chi connectivity index (χ2n) is 5.34. The number of carbonyl (C=O) groups is 1. The molecule has 0 saturated heterocycles. The Labute approximate surface area is 129 Å². The first kappa shape index (κ1) is 15.5. The molecule has 2 aromatic rings. The van der Waals surface area contributed by atoms with Crippen LogP contribution in [0.1, 0.15) is 29.8 Å². The molecule has 2 rings (SSSR count). The lowest BCUT2D eigenvalue weighted by Gasteiger charge is -2.10. The Morgan fingerprint density at radius 1 is 1.48 bits per heavy atom. The van der Waals surface area contributed by atoms with E-state index >= 15 is 0 Å². The molecule has 0 bridgehead atoms. The van der Waals surface area contributed by atoms with E-state index in [-0.39, 0.29) is 0 Å². The first-order valence-electron chi connectivity index (χ1n) is 6.81. The van der Waals surface area contributed by atoms with Crippen LogP contribution in [0.5, 0.6) is 0 Å². The molecule has 112 valence electrons. The summed E-state index contributed by atoms with van der Waals surface area (Å²) in [7, 11) is 0. The summed E-state index contributed by atoms with van der Waals surface area (Å²) in [4.78, 5) is 11.1. The predicted molar refractivity (Wildman–Crippen MR) is 83.6 cm³/mol. The van der Waals surface area contributed by atoms with Gasteiger partial charge in [0.2, 0.25) is 0 Å². The number of carbonyl (C=O) groups excluding carboxylic acids is 1. The highest BCUT2D eigenvalue weighted by Gasteiger charge is 2.07. The van der Waals surface area contributed by atoms with Gasteiger partial charge in [-0.25, -0.2) is 4.68 Å². The van der Waals surface area contributed by atoms with Crippen LogP contribution < -0.4 is 11.1 Å². The van der Waals surface area contributed by atoms with Crippen molar-refractivity contribution in [2.75, 3.05) is 6.54 Å². The van der Waals surface area contributed by atoms with Crippen LogP contribution in [-0.2, 0) is 6.54 Å². The Bertz CT molecular complexity index is 636. The van der Waals surface area contributed by atoms with Gasteiger partial charge in [0.05, 0.1) is 17.4 Å². The Balaban J connectivity index is 2.12. The highest BCUT2D eigenvalue weighted by molar-refractivity contribution is 6.31. The Kier molecular flexibility index (Phi) is 4.98. The van der Waals surface area contributed by atoms with E-state index in [0.29, 0.717) is 16.5 Å². The molecule has 0 atom stereocenters. The summed E-state index contributed by atoms with van der Waals surface area (Å²) in [6, 6.07) is 5.69. The number of hydrogen-bond acceptors (Lipinski definition) is 3. The quantitative estimate of drug-likeness (QED) is 0.860. The van der Waals surface area contributed by atoms with E-state index in [9.17, 15) is 4.79 Å². The number of nitrogens with one attached hydrogen (secondary N) is 1. The normalized spacial score (nSPS) is 11.0. The Hall–Kier alpha value is -1.85. The van der Waals surface area contributed by atoms with E-state index < -0.39 is 5.91 Å². The highest BCUT2D eigenvalue weighted by atomic mass is 35.5. The van der Waals surface area contributed by atoms with Crippen molar-refractivity contribution in [1.29, 1.82) is 0 Å². The monoisotopic (exact) mass is 306 g/mol. The average Bonchev–Trinajstić information content (AvgIpc) is 2.90. The summed E-state index contributed by atoms with van der Waals surface area (Å²) in [5.41, 5.74) is 7.40. The van der Waals surface area contributed by atoms with Crippen LogP contribution in [0.25, 0.3) is 5.69 Å². The van der Waals surface area contributed by atoms with Gasteiger partial charge in [0.1, 0.15) is 0 Å². The predicted octanol–water partition coefficient (Wildman–Crippen LogP) is 2.37. The van der Waals surface area contributed by atoms with Gasteiger partial charge in [0.15, 0.2) is 0 Å². The molecule has 1 amide bonds. The molecular formula is C15H19ClN4O. The van der Waals surface area contributed by atoms with Gasteiger partial charge in [-0.2, -0.15) is 5.10 Å². The molecule has 3 N–H and O–H groups in total. The molecule has 0 aliphatic carbocycles. The average molecular weight is 307 g/mol. The van der Waals surface area contributed by atoms with Crippen molar-refractivity contribution in [3.8, 4) is 5.69 Å². The molecule has 1 heterocycles. The molecule has 0 spiro atoms. The number of benzene rings is 1. The summed E-state index contributed by atoms with van der Waals surface area (Å²) in [6.45, 7) is 5.99. The Morgan fingerprint density at radius 2 is 2.24 bits per heavy atom. The summed E-state index contributed by atoms with van der Waals surface area (Å²) in [5.74, 6) is 0.0983. The van der Waals surface area contributed by atoms with Crippen molar-refractivity contribution in [1.82, 2.24) is 15.1 Å². The van der Waals surface area contributed by atoms with E-state index in [1.807, 2.05) is 18.2 Å². The lowest BCUT2D eigenvalue weighted by Crippen LogP contribution is -2.19. The van der Waals surface area contributed by atoms with Crippen molar-refractivity contribution < 1.29 is 4.79 Å². The second-order valence-corrected chi connectivity index (χ2v) is 5.75. The van der Waals surface area contributed by atoms with E-state index in [4.69, 9.17) is 17.3 Å². The standard InChI is InChI=1S/C15H19ClN4O/c1-10(2)6-18-7-11-3-4-13(5-14(11)16)20-9-12(8-19-20)15(17)21/h3-5,8-10,18H,6-7H2,1-2H3,(H2,17,21). The maximum Gasteiger partial charge on any atom is 0.251 e. The van der Waals surface area contributed by atoms with Crippen LogP contribution in [0, 0.1) is 5.92 Å². The van der Waals surface area contributed by atoms with Gasteiger partial charge in [-0.15, -0.1) is 0 Å². The lowest BCUT2D eigenvalue weighted by molar-refractivity contribution is 0.100. The van der Waals surface area contributed by atoms with Gasteiger partial charge < -0.3 is 11.1 Å². The molecule has 1 aromatic heterocycles. The fraction of sp³-hybridized carbons (Fsp3) is 0.333. The summed E-state index contributed by atoms with van der Waals surface area (Å²) in [5, 5.41) is 8.12. The number of primary amides is 1. The first-order valence-corrected chi connectivity index (χ1v) is 7.19. The fourth-order valence-corrected chi connectivity index (χ4v) is 2.15. The van der Waals surface area contributed by atoms with E-state index in [2.05, 4.69) is 24.3 Å². The maximum atomic E-state index is 11.1. The van der Waals surface area contributed by atoms with Gasteiger partial charge in [-0.05, 0) is 30.2 Å². The molecule has 0 radical (unpaired) electrons. The van der Waals surface area contributed by atoms with Crippen LogP contribution in [0.2, 0.25) is 5.02 Å². The SMILES string of the molecule is CC(C)CNCc1ccc(-n2cc(C(N)=O)cn2)cc1Cl. The number of hydrogen-bond donors (Lipinski definition) is 2. The van der Waals surface area contributed by atoms with Crippen LogP contribution in [0.15, 0.2) is 30.6 Å². The minimum atomic E-state index is -0.498. The minimum absolute atomic E-state index is 0.369. The molecule has 0 aliphatic rings. The molecule has 21 heavy (non-hydrogen) atoms. The van der Waals surface area contributed by atoms with Gasteiger partial charge in [0.25, 0.3) is 5.91 Å². The topological polar surface area (TPSA) is 72.9 Å². The van der Waals surface area contributed by atoms with Gasteiger partial charge in [-0.1, -0.05) is 31.5 Å². The van der Waals surface area contributed by atoms with E-state index in [1.165, 1.54) is 6.20 Å². The number of rotatable bonds is 6. The van der Waals surface area contributed by atoms with Crippen molar-refractivity contribution in [3.05, 3.63) is 46.7 Å². The number of amides is 1. The van der Waals surface area contributed by atoms with Crippen molar-refractivity contribution in [3.63, 3.8) is 0 Å². The van der Waals surface area contributed by atoms with Gasteiger partial charge >= 0.3 is 0 Å². The number of nitrogens with two attached hydrogens (primary N) is 1. The molecule has 6 heteroatoms. The second kappa shape index (κ2) is 6.74. The smallest absolute Gasteiger partial charge is 0.251 e. The van der Waals surface area contributed by atoms with Crippen LogP contribution in [-0.4, -0.2) is 22.2 Å². The largest absolute Gasteiger partial charge is 0.366 e. The molecule has 1 aromatic carbocycles. The molecule has 0 fully saturated rings. The number of nitrogens with zero attached hydrogens (tertiary/aromatic N) is 2. The third-order valence-corrected chi connectivity index (χ3v) is 3.39. The zero-order chi connectivity index (χ0) is 15.4.